The number of halogens is 1. The van der Waals surface area contributed by atoms with E-state index in [-0.39, 0.29) is 5.91 Å². The molecule has 0 unspecified atom stereocenters. The second kappa shape index (κ2) is 8.64. The lowest BCUT2D eigenvalue weighted by atomic mass is 10.2. The summed E-state index contributed by atoms with van der Waals surface area (Å²) in [6.45, 7) is 2.43. The zero-order chi connectivity index (χ0) is 20.2. The third-order valence-electron chi connectivity index (χ3n) is 4.55. The minimum absolute atomic E-state index is 0.184. The third kappa shape index (κ3) is 4.42. The van der Waals surface area contributed by atoms with Gasteiger partial charge in [0.2, 0.25) is 0 Å². The molecule has 0 fully saturated rings. The maximum absolute atomic E-state index is 13.1. The van der Waals surface area contributed by atoms with Crippen molar-refractivity contribution in [1.82, 2.24) is 4.98 Å². The van der Waals surface area contributed by atoms with E-state index in [4.69, 9.17) is 16.0 Å². The van der Waals surface area contributed by atoms with Crippen molar-refractivity contribution in [2.45, 2.75) is 19.9 Å². The van der Waals surface area contributed by atoms with Gasteiger partial charge in [-0.2, -0.15) is 0 Å². The van der Waals surface area contributed by atoms with E-state index in [1.54, 1.807) is 23.3 Å². The maximum Gasteiger partial charge on any atom is 0.253 e. The van der Waals surface area contributed by atoms with Gasteiger partial charge in [-0.3, -0.25) is 9.69 Å². The molecule has 0 aliphatic carbocycles. The number of nitrogens with zero attached hydrogens (tertiary/aromatic N) is 2. The SMILES string of the molecule is CCc1ccc2nc(N(Cc3ccco3)C(=O)/C=C/c3ccccc3Cl)sc2c1. The van der Waals surface area contributed by atoms with Crippen LogP contribution in [0.5, 0.6) is 0 Å². The smallest absolute Gasteiger partial charge is 0.253 e. The van der Waals surface area contributed by atoms with Crippen molar-refractivity contribution in [3.05, 3.63) is 88.8 Å². The Kier molecular flexibility index (Phi) is 5.79. The highest BCUT2D eigenvalue weighted by Gasteiger charge is 2.19. The first-order valence-electron chi connectivity index (χ1n) is 9.30. The van der Waals surface area contributed by atoms with Gasteiger partial charge in [0, 0.05) is 11.1 Å². The Morgan fingerprint density at radius 3 is 2.83 bits per heavy atom. The predicted octanol–water partition coefficient (Wildman–Crippen LogP) is 6.35. The molecule has 4 rings (SSSR count). The average Bonchev–Trinajstić information content (AvgIpc) is 3.40. The molecule has 0 radical (unpaired) electrons. The monoisotopic (exact) mass is 422 g/mol. The highest BCUT2D eigenvalue weighted by atomic mass is 35.5. The minimum Gasteiger partial charge on any atom is -0.467 e. The van der Waals surface area contributed by atoms with Gasteiger partial charge in [0.05, 0.1) is 23.0 Å². The van der Waals surface area contributed by atoms with Gasteiger partial charge in [0.15, 0.2) is 5.13 Å². The number of carbonyl (C=O) groups is 1. The molecule has 0 saturated carbocycles. The normalized spacial score (nSPS) is 11.4. The first-order valence-corrected chi connectivity index (χ1v) is 10.5. The van der Waals surface area contributed by atoms with Crippen LogP contribution >= 0.6 is 22.9 Å². The molecule has 29 heavy (non-hydrogen) atoms. The second-order valence-electron chi connectivity index (χ2n) is 6.51. The Morgan fingerprint density at radius 1 is 1.21 bits per heavy atom. The summed E-state index contributed by atoms with van der Waals surface area (Å²) in [5.74, 6) is 0.508. The Bertz CT molecular complexity index is 1160. The molecule has 146 valence electrons. The molecule has 0 aliphatic rings. The van der Waals surface area contributed by atoms with Crippen LogP contribution in [0.15, 0.2) is 71.4 Å². The highest BCUT2D eigenvalue weighted by molar-refractivity contribution is 7.22. The molecular weight excluding hydrogens is 404 g/mol. The fourth-order valence-electron chi connectivity index (χ4n) is 2.95. The number of furan rings is 1. The van der Waals surface area contributed by atoms with Gasteiger partial charge in [-0.25, -0.2) is 4.98 Å². The van der Waals surface area contributed by atoms with Gasteiger partial charge < -0.3 is 4.42 Å². The van der Waals surface area contributed by atoms with Crippen LogP contribution in [-0.2, 0) is 17.8 Å². The summed E-state index contributed by atoms with van der Waals surface area (Å²) in [6, 6.07) is 17.3. The lowest BCUT2D eigenvalue weighted by molar-refractivity contribution is -0.114. The summed E-state index contributed by atoms with van der Waals surface area (Å²) in [6.07, 6.45) is 5.80. The van der Waals surface area contributed by atoms with E-state index in [1.165, 1.54) is 23.0 Å². The van der Waals surface area contributed by atoms with Crippen LogP contribution in [0.25, 0.3) is 16.3 Å². The van der Waals surface area contributed by atoms with Crippen molar-refractivity contribution in [3.63, 3.8) is 0 Å². The Balaban J connectivity index is 1.67. The van der Waals surface area contributed by atoms with Crippen LogP contribution in [0.4, 0.5) is 5.13 Å². The molecule has 4 nitrogen and oxygen atoms in total. The van der Waals surface area contributed by atoms with Crippen LogP contribution in [0.1, 0.15) is 23.8 Å². The number of fused-ring (bicyclic) bond motifs is 1. The number of benzene rings is 2. The van der Waals surface area contributed by atoms with Crippen molar-refractivity contribution in [2.75, 3.05) is 4.90 Å². The molecule has 6 heteroatoms. The summed E-state index contributed by atoms with van der Waals surface area (Å²) >= 11 is 7.70. The zero-order valence-corrected chi connectivity index (χ0v) is 17.4. The largest absolute Gasteiger partial charge is 0.467 e. The summed E-state index contributed by atoms with van der Waals surface area (Å²) in [4.78, 5) is 19.4. The zero-order valence-electron chi connectivity index (χ0n) is 15.8. The quantitative estimate of drug-likeness (QED) is 0.340. The van der Waals surface area contributed by atoms with Crippen LogP contribution < -0.4 is 4.90 Å². The molecule has 1 amide bonds. The molecule has 0 spiro atoms. The van der Waals surface area contributed by atoms with Crippen molar-refractivity contribution < 1.29 is 9.21 Å². The molecule has 0 aliphatic heterocycles. The van der Waals surface area contributed by atoms with Gasteiger partial charge >= 0.3 is 0 Å². The fourth-order valence-corrected chi connectivity index (χ4v) is 4.18. The minimum atomic E-state index is -0.184. The number of aryl methyl sites for hydroxylation is 1. The number of carbonyl (C=O) groups excluding carboxylic acids is 1. The van der Waals surface area contributed by atoms with Gasteiger partial charge in [0.1, 0.15) is 5.76 Å². The fraction of sp³-hybridized carbons (Fsp3) is 0.130. The predicted molar refractivity (Wildman–Crippen MR) is 119 cm³/mol. The molecule has 4 aromatic rings. The molecule has 2 heterocycles. The van der Waals surface area contributed by atoms with E-state index >= 15 is 0 Å². The lowest BCUT2D eigenvalue weighted by Gasteiger charge is -2.16. The van der Waals surface area contributed by atoms with Gasteiger partial charge in [-0.1, -0.05) is 54.1 Å². The van der Waals surface area contributed by atoms with Gasteiger partial charge in [-0.05, 0) is 54.0 Å². The van der Waals surface area contributed by atoms with Gasteiger partial charge in [0.25, 0.3) is 5.91 Å². The van der Waals surface area contributed by atoms with E-state index in [1.807, 2.05) is 36.4 Å². The first kappa shape index (κ1) is 19.4. The number of hydrogen-bond donors (Lipinski definition) is 0. The topological polar surface area (TPSA) is 46.3 Å². The van der Waals surface area contributed by atoms with Crippen molar-refractivity contribution in [1.29, 1.82) is 0 Å². The average molecular weight is 423 g/mol. The van der Waals surface area contributed by atoms with Gasteiger partial charge in [-0.15, -0.1) is 0 Å². The summed E-state index contributed by atoms with van der Waals surface area (Å²) in [5, 5.41) is 1.24. The van der Waals surface area contributed by atoms with E-state index in [2.05, 4.69) is 24.0 Å². The number of amides is 1. The van der Waals surface area contributed by atoms with E-state index in [9.17, 15) is 4.79 Å². The Morgan fingerprint density at radius 2 is 2.07 bits per heavy atom. The highest BCUT2D eigenvalue weighted by Crippen LogP contribution is 2.31. The van der Waals surface area contributed by atoms with E-state index in [0.29, 0.717) is 22.5 Å². The molecular formula is C23H19ClN2O2S. The Hall–Kier alpha value is -2.89. The first-order chi connectivity index (χ1) is 14.1. The van der Waals surface area contributed by atoms with Crippen LogP contribution in [0.2, 0.25) is 5.02 Å². The number of anilines is 1. The molecule has 0 atom stereocenters. The molecule has 0 N–H and O–H groups in total. The summed E-state index contributed by atoms with van der Waals surface area (Å²) in [7, 11) is 0. The maximum atomic E-state index is 13.1. The van der Waals surface area contributed by atoms with Crippen molar-refractivity contribution in [2.24, 2.45) is 0 Å². The lowest BCUT2D eigenvalue weighted by Crippen LogP contribution is -2.28. The third-order valence-corrected chi connectivity index (χ3v) is 5.94. The van der Waals surface area contributed by atoms with E-state index < -0.39 is 0 Å². The van der Waals surface area contributed by atoms with Crippen molar-refractivity contribution in [3.8, 4) is 0 Å². The second-order valence-corrected chi connectivity index (χ2v) is 7.93. The van der Waals surface area contributed by atoms with Crippen LogP contribution in [0.3, 0.4) is 0 Å². The number of thiazole rings is 1. The molecule has 0 bridgehead atoms. The number of hydrogen-bond acceptors (Lipinski definition) is 4. The Labute approximate surface area is 178 Å². The summed E-state index contributed by atoms with van der Waals surface area (Å²) in [5.41, 5.74) is 2.92. The van der Waals surface area contributed by atoms with Crippen LogP contribution in [0, 0.1) is 0 Å². The standard InChI is InChI=1S/C23H19ClN2O2S/c1-2-16-9-11-20-21(14-16)29-23(25-20)26(15-18-7-5-13-28-18)22(27)12-10-17-6-3-4-8-19(17)24/h3-14H,2,15H2,1H3/b12-10+. The number of aromatic nitrogens is 1. The summed E-state index contributed by atoms with van der Waals surface area (Å²) < 4.78 is 6.53. The van der Waals surface area contributed by atoms with Crippen LogP contribution in [-0.4, -0.2) is 10.9 Å². The van der Waals surface area contributed by atoms with Crippen molar-refractivity contribution >= 4 is 50.3 Å². The molecule has 0 saturated heterocycles. The molecule has 2 aromatic heterocycles. The molecule has 2 aromatic carbocycles. The van der Waals surface area contributed by atoms with E-state index in [0.717, 1.165) is 22.2 Å². The number of rotatable bonds is 6.